The maximum atomic E-state index is 11.9. The largest absolute Gasteiger partial charge is 0.504 e. The first kappa shape index (κ1) is 28.7. The van der Waals surface area contributed by atoms with Gasteiger partial charge in [-0.05, 0) is 86.4 Å². The molecule has 2 aromatic carbocycles. The molecule has 9 heteroatoms. The van der Waals surface area contributed by atoms with Crippen molar-refractivity contribution in [3.05, 3.63) is 59.7 Å². The van der Waals surface area contributed by atoms with E-state index in [2.05, 4.69) is 16.0 Å². The Hall–Kier alpha value is -3.53. The number of methoxy groups -OCH3 is 2. The number of aliphatic hydroxyl groups excluding tert-OH is 1. The Balaban J connectivity index is 1.48. The van der Waals surface area contributed by atoms with E-state index in [9.17, 15) is 20.1 Å². The predicted molar refractivity (Wildman–Crippen MR) is 141 cm³/mol. The zero-order chi connectivity index (χ0) is 26.2. The number of ether oxygens (including phenoxy) is 2. The van der Waals surface area contributed by atoms with E-state index in [4.69, 9.17) is 9.47 Å². The van der Waals surface area contributed by atoms with Gasteiger partial charge in [-0.1, -0.05) is 18.2 Å². The third kappa shape index (κ3) is 10.8. The summed E-state index contributed by atoms with van der Waals surface area (Å²) in [5, 5.41) is 38.5. The summed E-state index contributed by atoms with van der Waals surface area (Å²) < 4.78 is 10.1. The Bertz CT molecular complexity index is 1010. The van der Waals surface area contributed by atoms with E-state index in [0.29, 0.717) is 24.6 Å². The Morgan fingerprint density at radius 2 is 1.44 bits per heavy atom. The lowest BCUT2D eigenvalue weighted by molar-refractivity contribution is -0.116. The van der Waals surface area contributed by atoms with E-state index < -0.39 is 6.23 Å². The molecule has 0 saturated heterocycles. The lowest BCUT2D eigenvalue weighted by atomic mass is 10.2. The zero-order valence-corrected chi connectivity index (χ0v) is 20.9. The number of phenols is 2. The van der Waals surface area contributed by atoms with Gasteiger partial charge in [0.1, 0.15) is 6.23 Å². The van der Waals surface area contributed by atoms with Gasteiger partial charge in [-0.3, -0.25) is 10.1 Å². The monoisotopic (exact) mass is 499 g/mol. The van der Waals surface area contributed by atoms with Gasteiger partial charge in [-0.15, -0.1) is 0 Å². The molecule has 0 radical (unpaired) electrons. The average Bonchev–Trinajstić information content (AvgIpc) is 2.88. The van der Waals surface area contributed by atoms with Crippen molar-refractivity contribution in [3.8, 4) is 23.0 Å². The van der Waals surface area contributed by atoms with Gasteiger partial charge in [0.15, 0.2) is 23.0 Å². The third-order valence-electron chi connectivity index (χ3n) is 5.27. The summed E-state index contributed by atoms with van der Waals surface area (Å²) in [5.74, 6) is 0.713. The number of aliphatic hydroxyl groups is 1. The number of benzene rings is 2. The van der Waals surface area contributed by atoms with Gasteiger partial charge in [0, 0.05) is 12.6 Å². The average molecular weight is 500 g/mol. The topological polar surface area (TPSA) is 132 Å². The Labute approximate surface area is 212 Å². The minimum atomic E-state index is -0.765. The molecule has 2 rings (SSSR count). The molecule has 1 atom stereocenters. The fraction of sp³-hybridized carbons (Fsp3) is 0.370. The van der Waals surface area contributed by atoms with Crippen molar-refractivity contribution in [2.24, 2.45) is 0 Å². The summed E-state index contributed by atoms with van der Waals surface area (Å²) in [6.45, 7) is 2.93. The highest BCUT2D eigenvalue weighted by Crippen LogP contribution is 2.27. The molecule has 36 heavy (non-hydrogen) atoms. The van der Waals surface area contributed by atoms with Crippen molar-refractivity contribution in [1.82, 2.24) is 16.0 Å². The molecule has 196 valence electrons. The number of aromatic hydroxyl groups is 2. The third-order valence-corrected chi connectivity index (χ3v) is 5.27. The number of nitrogens with one attached hydrogen (secondary N) is 3. The molecule has 6 N–H and O–H groups in total. The normalized spacial score (nSPS) is 12.2. The molecule has 1 amide bonds. The van der Waals surface area contributed by atoms with E-state index in [0.717, 1.165) is 43.5 Å². The van der Waals surface area contributed by atoms with Gasteiger partial charge in [0.2, 0.25) is 5.91 Å². The first-order valence-electron chi connectivity index (χ1n) is 11.9. The van der Waals surface area contributed by atoms with Crippen LogP contribution in [0.1, 0.15) is 30.4 Å². The number of unbranched alkanes of at least 4 members (excludes halogenated alkanes) is 1. The molecule has 0 aromatic heterocycles. The van der Waals surface area contributed by atoms with Crippen molar-refractivity contribution in [3.63, 3.8) is 0 Å². The number of phenolic OH excluding ortho intramolecular Hbond substituents is 2. The van der Waals surface area contributed by atoms with E-state index in [-0.39, 0.29) is 17.4 Å². The van der Waals surface area contributed by atoms with E-state index in [1.54, 1.807) is 48.6 Å². The van der Waals surface area contributed by atoms with Crippen LogP contribution in [-0.4, -0.2) is 67.9 Å². The summed E-state index contributed by atoms with van der Waals surface area (Å²) in [6, 6.07) is 9.87. The van der Waals surface area contributed by atoms with Gasteiger partial charge in [0.05, 0.1) is 14.2 Å². The molecule has 0 spiro atoms. The number of carbonyl (C=O) groups is 1. The summed E-state index contributed by atoms with van der Waals surface area (Å²) in [5.41, 5.74) is 1.58. The molecule has 0 saturated carbocycles. The van der Waals surface area contributed by atoms with Crippen molar-refractivity contribution in [2.75, 3.05) is 40.4 Å². The van der Waals surface area contributed by atoms with Crippen molar-refractivity contribution in [1.29, 1.82) is 0 Å². The Kier molecular flexibility index (Phi) is 12.9. The van der Waals surface area contributed by atoms with Crippen LogP contribution in [0, 0.1) is 0 Å². The van der Waals surface area contributed by atoms with Crippen LogP contribution in [-0.2, 0) is 4.79 Å². The lowest BCUT2D eigenvalue weighted by Crippen LogP contribution is -2.30. The van der Waals surface area contributed by atoms with Crippen molar-refractivity contribution in [2.45, 2.75) is 25.5 Å². The van der Waals surface area contributed by atoms with E-state index in [1.165, 1.54) is 26.4 Å². The van der Waals surface area contributed by atoms with Gasteiger partial charge < -0.3 is 35.4 Å². The molecule has 0 fully saturated rings. The SMILES string of the molecule is COc1cc(/C=C\C(O)NCCCNCCCCNC(=O)/C=C/c2ccc(O)c(OC)c2)ccc1O. The minimum absolute atomic E-state index is 0.0577. The maximum absolute atomic E-state index is 11.9. The fourth-order valence-electron chi connectivity index (χ4n) is 3.27. The molecule has 2 aromatic rings. The standard InChI is InChI=1S/C27H37N3O6/c1-35-24-18-20(6-10-22(24)31)8-12-26(33)29-16-4-3-14-28-15-5-17-30-27(34)13-9-21-7-11-23(32)25(19-21)36-2/h6-13,18-19,27-28,30-32,34H,3-5,14-17H2,1-2H3,(H,29,33)/b12-8+,13-9-. The van der Waals surface area contributed by atoms with Crippen LogP contribution in [0.4, 0.5) is 0 Å². The van der Waals surface area contributed by atoms with Crippen LogP contribution in [0.2, 0.25) is 0 Å². The Morgan fingerprint density at radius 3 is 2.08 bits per heavy atom. The molecule has 0 aliphatic carbocycles. The predicted octanol–water partition coefficient (Wildman–Crippen LogP) is 2.63. The van der Waals surface area contributed by atoms with Crippen LogP contribution in [0.15, 0.2) is 48.6 Å². The van der Waals surface area contributed by atoms with Gasteiger partial charge in [-0.25, -0.2) is 0 Å². The highest BCUT2D eigenvalue weighted by molar-refractivity contribution is 5.91. The van der Waals surface area contributed by atoms with Crippen LogP contribution in [0.5, 0.6) is 23.0 Å². The molecule has 0 aliphatic heterocycles. The second-order valence-corrected chi connectivity index (χ2v) is 8.06. The van der Waals surface area contributed by atoms with Crippen molar-refractivity contribution >= 4 is 18.1 Å². The highest BCUT2D eigenvalue weighted by Gasteiger charge is 2.03. The molecule has 0 bridgehead atoms. The second-order valence-electron chi connectivity index (χ2n) is 8.06. The fourth-order valence-corrected chi connectivity index (χ4v) is 3.27. The van der Waals surface area contributed by atoms with Crippen LogP contribution in [0.25, 0.3) is 12.2 Å². The zero-order valence-electron chi connectivity index (χ0n) is 20.9. The highest BCUT2D eigenvalue weighted by atomic mass is 16.5. The maximum Gasteiger partial charge on any atom is 0.243 e. The minimum Gasteiger partial charge on any atom is -0.504 e. The van der Waals surface area contributed by atoms with E-state index in [1.807, 2.05) is 0 Å². The lowest BCUT2D eigenvalue weighted by Gasteiger charge is -2.10. The quantitative estimate of drug-likeness (QED) is 0.118. The van der Waals surface area contributed by atoms with E-state index >= 15 is 0 Å². The number of amides is 1. The Morgan fingerprint density at radius 1 is 0.861 bits per heavy atom. The first-order chi connectivity index (χ1) is 17.4. The summed E-state index contributed by atoms with van der Waals surface area (Å²) >= 11 is 0. The summed E-state index contributed by atoms with van der Waals surface area (Å²) in [4.78, 5) is 11.9. The van der Waals surface area contributed by atoms with Gasteiger partial charge in [0.25, 0.3) is 0 Å². The molecule has 1 unspecified atom stereocenters. The molecule has 0 aliphatic rings. The first-order valence-corrected chi connectivity index (χ1v) is 11.9. The van der Waals surface area contributed by atoms with Crippen molar-refractivity contribution < 1.29 is 29.6 Å². The molecule has 9 nitrogen and oxygen atoms in total. The summed E-state index contributed by atoms with van der Waals surface area (Å²) in [6.07, 6.45) is 8.44. The number of hydrogen-bond acceptors (Lipinski definition) is 8. The number of rotatable bonds is 16. The van der Waals surface area contributed by atoms with Gasteiger partial charge in [-0.2, -0.15) is 0 Å². The van der Waals surface area contributed by atoms with Gasteiger partial charge >= 0.3 is 0 Å². The second kappa shape index (κ2) is 16.2. The molecular formula is C27H37N3O6. The summed E-state index contributed by atoms with van der Waals surface area (Å²) in [7, 11) is 2.97. The van der Waals surface area contributed by atoms with Crippen LogP contribution < -0.4 is 25.4 Å². The smallest absolute Gasteiger partial charge is 0.243 e. The molecule has 0 heterocycles. The molecular weight excluding hydrogens is 462 g/mol. The van der Waals surface area contributed by atoms with Crippen LogP contribution in [0.3, 0.4) is 0 Å². The number of hydrogen-bond donors (Lipinski definition) is 6. The van der Waals surface area contributed by atoms with Crippen LogP contribution >= 0.6 is 0 Å². The number of carbonyl (C=O) groups excluding carboxylic acids is 1.